The summed E-state index contributed by atoms with van der Waals surface area (Å²) >= 11 is 0. The molecule has 0 bridgehead atoms. The number of nitrogens with zero attached hydrogens (tertiary/aromatic N) is 3. The number of hydrogen-bond acceptors (Lipinski definition) is 2. The van der Waals surface area contributed by atoms with Crippen molar-refractivity contribution < 1.29 is 0 Å². The second-order valence-electron chi connectivity index (χ2n) is 6.49. The Morgan fingerprint density at radius 3 is 1.48 bits per heavy atom. The van der Waals surface area contributed by atoms with Gasteiger partial charge in [0, 0.05) is 49.2 Å². The minimum Gasteiger partial charge on any atom is -0.378 e. The number of benzene rings is 3. The molecule has 3 heteroatoms. The molecule has 0 spiro atoms. The van der Waals surface area contributed by atoms with Crippen molar-refractivity contribution in [2.75, 3.05) is 19.0 Å². The molecule has 0 amide bonds. The van der Waals surface area contributed by atoms with Crippen molar-refractivity contribution in [2.45, 2.75) is 13.8 Å². The predicted octanol–water partition coefficient (Wildman–Crippen LogP) is 5.99. The molecule has 0 saturated carbocycles. The van der Waals surface area contributed by atoms with E-state index in [1.807, 2.05) is 30.9 Å². The summed E-state index contributed by atoms with van der Waals surface area (Å²) in [4.78, 5) is 2.08. The molecule has 0 unspecified atom stereocenters. The van der Waals surface area contributed by atoms with Gasteiger partial charge < -0.3 is 4.90 Å². The number of azo groups is 2. The van der Waals surface area contributed by atoms with Gasteiger partial charge in [0.05, 0.1) is 0 Å². The first-order chi connectivity index (χ1) is 12.0. The van der Waals surface area contributed by atoms with E-state index in [0.29, 0.717) is 0 Å². The molecule has 3 aromatic carbocycles. The highest BCUT2D eigenvalue weighted by Gasteiger charge is 2.16. The first-order valence-electron chi connectivity index (χ1n) is 8.45. The summed E-state index contributed by atoms with van der Waals surface area (Å²) in [5.41, 5.74) is 6.66. The van der Waals surface area contributed by atoms with Gasteiger partial charge in [0.1, 0.15) is 5.69 Å². The van der Waals surface area contributed by atoms with Gasteiger partial charge in [-0.1, -0.05) is 35.4 Å². The Hall–Kier alpha value is -2.94. The number of aryl methyl sites for hydroxylation is 2. The summed E-state index contributed by atoms with van der Waals surface area (Å²) in [6.45, 7) is 4.19. The van der Waals surface area contributed by atoms with Crippen molar-refractivity contribution in [3.05, 3.63) is 83.9 Å². The molecule has 0 aliphatic carbocycles. The normalized spacial score (nSPS) is 10.4. The monoisotopic (exact) mass is 330 g/mol. The fraction of sp³-hybridized carbons (Fsp3) is 0.182. The SMILES string of the molecule is Cc1ccc([N+](=Nc2ccc(N(C)C)cc2)c2ccc(C)cc2)cc1. The largest absolute Gasteiger partial charge is 0.378 e. The third kappa shape index (κ3) is 4.13. The molecule has 3 nitrogen and oxygen atoms in total. The second kappa shape index (κ2) is 7.31. The second-order valence-corrected chi connectivity index (χ2v) is 6.49. The molecule has 0 radical (unpaired) electrons. The van der Waals surface area contributed by atoms with E-state index >= 15 is 0 Å². The molecule has 0 saturated heterocycles. The van der Waals surface area contributed by atoms with E-state index in [9.17, 15) is 0 Å². The van der Waals surface area contributed by atoms with Crippen LogP contribution in [0.1, 0.15) is 11.1 Å². The van der Waals surface area contributed by atoms with Crippen LogP contribution < -0.4 is 9.60 Å². The number of hydrogen-bond donors (Lipinski definition) is 0. The van der Waals surface area contributed by atoms with Crippen LogP contribution in [0.4, 0.5) is 22.7 Å². The van der Waals surface area contributed by atoms with Gasteiger partial charge in [-0.2, -0.15) is 0 Å². The van der Waals surface area contributed by atoms with Gasteiger partial charge in [0.25, 0.3) is 0 Å². The molecule has 0 atom stereocenters. The highest BCUT2D eigenvalue weighted by molar-refractivity contribution is 5.55. The molecular formula is C22H24N3+. The van der Waals surface area contributed by atoms with Gasteiger partial charge >= 0.3 is 0 Å². The highest BCUT2D eigenvalue weighted by Crippen LogP contribution is 2.26. The Morgan fingerprint density at radius 2 is 1.08 bits per heavy atom. The molecule has 0 N–H and O–H groups in total. The van der Waals surface area contributed by atoms with Gasteiger partial charge in [0.15, 0.2) is 0 Å². The molecule has 0 fully saturated rings. The van der Waals surface area contributed by atoms with Crippen LogP contribution in [0.3, 0.4) is 0 Å². The minimum absolute atomic E-state index is 0.923. The first-order valence-corrected chi connectivity index (χ1v) is 8.45. The quantitative estimate of drug-likeness (QED) is 0.425. The third-order valence-electron chi connectivity index (χ3n) is 4.14. The molecule has 0 heterocycles. The van der Waals surface area contributed by atoms with E-state index in [2.05, 4.69) is 79.4 Å². The molecule has 0 aliphatic rings. The Kier molecular flexibility index (Phi) is 4.94. The first kappa shape index (κ1) is 16.9. The van der Waals surface area contributed by atoms with E-state index < -0.39 is 0 Å². The lowest BCUT2D eigenvalue weighted by atomic mass is 10.2. The predicted molar refractivity (Wildman–Crippen MR) is 107 cm³/mol. The molecule has 3 rings (SSSR count). The molecule has 0 aliphatic heterocycles. The van der Waals surface area contributed by atoms with Crippen LogP contribution in [0.15, 0.2) is 77.9 Å². The number of rotatable bonds is 4. The lowest BCUT2D eigenvalue weighted by Gasteiger charge is -2.11. The van der Waals surface area contributed by atoms with Crippen molar-refractivity contribution in [1.82, 2.24) is 4.70 Å². The summed E-state index contributed by atoms with van der Waals surface area (Å²) in [5, 5.41) is 4.87. The van der Waals surface area contributed by atoms with Crippen molar-refractivity contribution in [1.29, 1.82) is 0 Å². The zero-order chi connectivity index (χ0) is 17.8. The molecule has 126 valence electrons. The maximum absolute atomic E-state index is 4.87. The average molecular weight is 330 g/mol. The lowest BCUT2D eigenvalue weighted by Crippen LogP contribution is -2.07. The Balaban J connectivity index is 2.06. The Morgan fingerprint density at radius 1 is 0.640 bits per heavy atom. The Bertz CT molecular complexity index is 811. The van der Waals surface area contributed by atoms with Crippen molar-refractivity contribution >= 4 is 22.7 Å². The van der Waals surface area contributed by atoms with Gasteiger partial charge in [-0.25, -0.2) is 0 Å². The molecule has 25 heavy (non-hydrogen) atoms. The number of anilines is 1. The topological polar surface area (TPSA) is 18.6 Å². The third-order valence-corrected chi connectivity index (χ3v) is 4.14. The lowest BCUT2D eigenvalue weighted by molar-refractivity contribution is 0.901. The summed E-state index contributed by atoms with van der Waals surface area (Å²) in [6, 6.07) is 25.1. The zero-order valence-corrected chi connectivity index (χ0v) is 15.3. The van der Waals surface area contributed by atoms with Gasteiger partial charge in [-0.05, 0) is 42.8 Å². The maximum Gasteiger partial charge on any atom is 0.238 e. The van der Waals surface area contributed by atoms with Gasteiger partial charge in [-0.15, -0.1) is 0 Å². The van der Waals surface area contributed by atoms with Crippen molar-refractivity contribution in [3.63, 3.8) is 0 Å². The highest BCUT2D eigenvalue weighted by atomic mass is 15.3. The smallest absolute Gasteiger partial charge is 0.238 e. The Labute approximate surface area is 149 Å². The van der Waals surface area contributed by atoms with Crippen LogP contribution in [-0.4, -0.2) is 14.1 Å². The van der Waals surface area contributed by atoms with Crippen LogP contribution in [0.2, 0.25) is 0 Å². The maximum atomic E-state index is 4.87. The van der Waals surface area contributed by atoms with E-state index in [4.69, 9.17) is 5.11 Å². The summed E-state index contributed by atoms with van der Waals surface area (Å²) in [7, 11) is 4.08. The van der Waals surface area contributed by atoms with Crippen molar-refractivity contribution in [3.8, 4) is 0 Å². The summed E-state index contributed by atoms with van der Waals surface area (Å²) in [6.07, 6.45) is 0. The molecule has 3 aromatic rings. The van der Waals surface area contributed by atoms with E-state index in [-0.39, 0.29) is 0 Å². The average Bonchev–Trinajstić information content (AvgIpc) is 2.62. The van der Waals surface area contributed by atoms with Crippen LogP contribution in [0.25, 0.3) is 0 Å². The van der Waals surface area contributed by atoms with Crippen molar-refractivity contribution in [2.24, 2.45) is 5.11 Å². The van der Waals surface area contributed by atoms with Crippen LogP contribution >= 0.6 is 0 Å². The summed E-state index contributed by atoms with van der Waals surface area (Å²) in [5.74, 6) is 0. The standard InChI is InChI=1S/C22H24N3/c1-17-5-11-21(12-6-17)25(22-13-7-18(2)8-14-22)23-19-9-15-20(16-10-19)24(3)4/h5-16H,1-4H3/q+1. The minimum atomic E-state index is 0.923. The zero-order valence-electron chi connectivity index (χ0n) is 15.3. The fourth-order valence-electron chi connectivity index (χ4n) is 2.57. The van der Waals surface area contributed by atoms with E-state index in [1.165, 1.54) is 11.1 Å². The van der Waals surface area contributed by atoms with Crippen LogP contribution in [0, 0.1) is 13.8 Å². The van der Waals surface area contributed by atoms with E-state index in [0.717, 1.165) is 22.7 Å². The molecule has 0 aromatic heterocycles. The van der Waals surface area contributed by atoms with Gasteiger partial charge in [-0.3, -0.25) is 0 Å². The fourth-order valence-corrected chi connectivity index (χ4v) is 2.57. The van der Waals surface area contributed by atoms with Gasteiger partial charge in [0.2, 0.25) is 11.4 Å². The van der Waals surface area contributed by atoms with Crippen LogP contribution in [-0.2, 0) is 0 Å². The summed E-state index contributed by atoms with van der Waals surface area (Å²) < 4.78 is 1.99. The van der Waals surface area contributed by atoms with E-state index in [1.54, 1.807) is 0 Å². The molecular weight excluding hydrogens is 306 g/mol. The van der Waals surface area contributed by atoms with Crippen LogP contribution in [0.5, 0.6) is 0 Å².